The molecule has 2 heterocycles. The molecular weight excluding hydrogens is 447 g/mol. The van der Waals surface area contributed by atoms with Crippen LogP contribution >= 0.6 is 22.9 Å². The molecule has 2 aromatic carbocycles. The number of carbonyl (C=O) groups is 1. The van der Waals surface area contributed by atoms with Crippen molar-refractivity contribution in [2.45, 2.75) is 39.2 Å². The number of nitrogens with one attached hydrogen (secondary N) is 1. The van der Waals surface area contributed by atoms with E-state index in [0.717, 1.165) is 53.9 Å². The Morgan fingerprint density at radius 2 is 2.06 bits per heavy atom. The van der Waals surface area contributed by atoms with E-state index in [-0.39, 0.29) is 16.2 Å². The van der Waals surface area contributed by atoms with Gasteiger partial charge >= 0.3 is 5.97 Å². The Kier molecular flexibility index (Phi) is 6.48. The van der Waals surface area contributed by atoms with Crippen molar-refractivity contribution in [3.8, 4) is 11.1 Å². The number of piperidine rings is 1. The van der Waals surface area contributed by atoms with Crippen molar-refractivity contribution in [1.29, 1.82) is 0 Å². The van der Waals surface area contributed by atoms with Gasteiger partial charge in [-0.05, 0) is 69.4 Å². The zero-order valence-corrected chi connectivity index (χ0v) is 20.1. The van der Waals surface area contributed by atoms with Crippen LogP contribution in [0.2, 0.25) is 5.02 Å². The molecule has 1 fully saturated rings. The summed E-state index contributed by atoms with van der Waals surface area (Å²) < 4.78 is 15.6. The van der Waals surface area contributed by atoms with E-state index in [0.29, 0.717) is 27.8 Å². The van der Waals surface area contributed by atoms with E-state index in [2.05, 4.69) is 31.0 Å². The van der Waals surface area contributed by atoms with Gasteiger partial charge in [-0.25, -0.2) is 4.79 Å². The first-order chi connectivity index (χ1) is 15.1. The molecule has 1 aliphatic heterocycles. The third kappa shape index (κ3) is 4.92. The van der Waals surface area contributed by atoms with E-state index < -0.39 is 5.97 Å². The van der Waals surface area contributed by atoms with E-state index >= 15 is 0 Å². The molecule has 4 rings (SSSR count). The third-order valence-corrected chi connectivity index (χ3v) is 7.08. The van der Waals surface area contributed by atoms with Gasteiger partial charge in [0, 0.05) is 45.8 Å². The summed E-state index contributed by atoms with van der Waals surface area (Å²) in [7, 11) is 0. The SMILES string of the molecule is CC(C)(C)NC[C@H]1CCCN(c2ccc(-c3c(F)sc4cc(Cl)ccc34)cc2C(=O)O)C1. The van der Waals surface area contributed by atoms with Crippen molar-refractivity contribution < 1.29 is 14.3 Å². The zero-order valence-electron chi connectivity index (χ0n) is 18.5. The largest absolute Gasteiger partial charge is 0.478 e. The highest BCUT2D eigenvalue weighted by Gasteiger charge is 2.26. The van der Waals surface area contributed by atoms with E-state index in [9.17, 15) is 14.3 Å². The second-order valence-electron chi connectivity index (χ2n) is 9.51. The molecule has 32 heavy (non-hydrogen) atoms. The van der Waals surface area contributed by atoms with Crippen LogP contribution < -0.4 is 10.2 Å². The van der Waals surface area contributed by atoms with E-state index in [1.165, 1.54) is 0 Å². The van der Waals surface area contributed by atoms with Crippen LogP contribution in [0.15, 0.2) is 36.4 Å². The number of fused-ring (bicyclic) bond motifs is 1. The molecule has 0 bridgehead atoms. The highest BCUT2D eigenvalue weighted by atomic mass is 35.5. The molecule has 0 saturated carbocycles. The maximum Gasteiger partial charge on any atom is 0.337 e. The fourth-order valence-electron chi connectivity index (χ4n) is 4.35. The van der Waals surface area contributed by atoms with Crippen LogP contribution in [0, 0.1) is 11.0 Å². The minimum atomic E-state index is -1.00. The highest BCUT2D eigenvalue weighted by Crippen LogP contribution is 2.40. The number of nitrogens with zero attached hydrogens (tertiary/aromatic N) is 1. The van der Waals surface area contributed by atoms with Crippen LogP contribution in [-0.2, 0) is 0 Å². The Hall–Kier alpha value is -2.15. The average Bonchev–Trinajstić information content (AvgIpc) is 3.06. The fourth-order valence-corrected chi connectivity index (χ4v) is 5.57. The van der Waals surface area contributed by atoms with Crippen LogP contribution in [0.4, 0.5) is 10.1 Å². The first-order valence-corrected chi connectivity index (χ1v) is 12.1. The minimum absolute atomic E-state index is 0.0494. The van der Waals surface area contributed by atoms with E-state index in [4.69, 9.17) is 11.6 Å². The number of carboxylic acid groups (broad SMARTS) is 1. The molecule has 0 aliphatic carbocycles. The van der Waals surface area contributed by atoms with Gasteiger partial charge in [0.2, 0.25) is 0 Å². The van der Waals surface area contributed by atoms with Crippen LogP contribution in [0.5, 0.6) is 0 Å². The van der Waals surface area contributed by atoms with Gasteiger partial charge in [0.05, 0.1) is 11.3 Å². The van der Waals surface area contributed by atoms with Gasteiger partial charge in [-0.15, -0.1) is 11.3 Å². The van der Waals surface area contributed by atoms with Crippen LogP contribution in [0.1, 0.15) is 44.0 Å². The number of carboxylic acids is 1. The summed E-state index contributed by atoms with van der Waals surface area (Å²) in [6.45, 7) is 8.97. The molecule has 0 spiro atoms. The van der Waals surface area contributed by atoms with E-state index in [1.807, 2.05) is 12.1 Å². The first-order valence-electron chi connectivity index (χ1n) is 10.9. The molecule has 0 unspecified atom stereocenters. The molecule has 1 aromatic heterocycles. The van der Waals surface area contributed by atoms with Gasteiger partial charge in [-0.1, -0.05) is 23.7 Å². The topological polar surface area (TPSA) is 52.6 Å². The standard InChI is InChI=1S/C25H28ClFN2O2S/c1-25(2,3)28-13-15-5-4-10-29(14-15)20-9-6-16(11-19(20)24(30)31)22-18-8-7-17(26)12-21(18)32-23(22)27/h6-9,11-12,15,28H,4-5,10,13-14H2,1-3H3,(H,30,31)/t15-/m1/s1. The zero-order chi connectivity index (χ0) is 23.0. The number of halogens is 2. The Balaban J connectivity index is 1.66. The lowest BCUT2D eigenvalue weighted by Crippen LogP contribution is -2.45. The Morgan fingerprint density at radius 1 is 1.28 bits per heavy atom. The summed E-state index contributed by atoms with van der Waals surface area (Å²) in [4.78, 5) is 14.3. The average molecular weight is 475 g/mol. The van der Waals surface area contributed by atoms with Crippen molar-refractivity contribution in [2.24, 2.45) is 5.92 Å². The molecular formula is C25H28ClFN2O2S. The van der Waals surface area contributed by atoms with Crippen molar-refractivity contribution in [2.75, 3.05) is 24.5 Å². The lowest BCUT2D eigenvalue weighted by Gasteiger charge is -2.36. The number of hydrogen-bond acceptors (Lipinski definition) is 4. The van der Waals surface area contributed by atoms with Crippen molar-refractivity contribution in [1.82, 2.24) is 5.32 Å². The van der Waals surface area contributed by atoms with Crippen molar-refractivity contribution in [3.63, 3.8) is 0 Å². The smallest absolute Gasteiger partial charge is 0.337 e. The Bertz CT molecular complexity index is 1150. The van der Waals surface area contributed by atoms with Crippen molar-refractivity contribution >= 4 is 44.7 Å². The molecule has 1 saturated heterocycles. The first kappa shape index (κ1) is 23.0. The number of anilines is 1. The van der Waals surface area contributed by atoms with Crippen LogP contribution in [0.25, 0.3) is 21.2 Å². The molecule has 4 nitrogen and oxygen atoms in total. The third-order valence-electron chi connectivity index (χ3n) is 5.91. The summed E-state index contributed by atoms with van der Waals surface area (Å²) in [5, 5.41) is 14.5. The van der Waals surface area contributed by atoms with Gasteiger partial charge in [0.1, 0.15) is 0 Å². The maximum absolute atomic E-state index is 14.9. The molecule has 2 N–H and O–H groups in total. The maximum atomic E-state index is 14.9. The van der Waals surface area contributed by atoms with E-state index in [1.54, 1.807) is 24.3 Å². The molecule has 7 heteroatoms. The highest BCUT2D eigenvalue weighted by molar-refractivity contribution is 7.18. The molecule has 0 amide bonds. The lowest BCUT2D eigenvalue weighted by molar-refractivity contribution is 0.0697. The number of benzene rings is 2. The summed E-state index contributed by atoms with van der Waals surface area (Å²) in [6, 6.07) is 10.5. The Labute approximate surface area is 197 Å². The van der Waals surface area contributed by atoms with Gasteiger partial charge in [0.25, 0.3) is 0 Å². The number of hydrogen-bond donors (Lipinski definition) is 2. The molecule has 1 atom stereocenters. The molecule has 1 aliphatic rings. The van der Waals surface area contributed by atoms with Crippen LogP contribution in [0.3, 0.4) is 0 Å². The fraction of sp³-hybridized carbons (Fsp3) is 0.400. The number of rotatable bonds is 5. The number of thiophene rings is 1. The summed E-state index contributed by atoms with van der Waals surface area (Å²) in [6.07, 6.45) is 2.14. The lowest BCUT2D eigenvalue weighted by atomic mass is 9.94. The molecule has 3 aromatic rings. The summed E-state index contributed by atoms with van der Waals surface area (Å²) in [5.41, 5.74) is 1.96. The number of aromatic carboxylic acids is 1. The van der Waals surface area contributed by atoms with Crippen LogP contribution in [-0.4, -0.2) is 36.2 Å². The van der Waals surface area contributed by atoms with Gasteiger partial charge in [0.15, 0.2) is 5.13 Å². The predicted octanol–water partition coefficient (Wildman–Crippen LogP) is 6.66. The van der Waals surface area contributed by atoms with Gasteiger partial charge in [-0.2, -0.15) is 4.39 Å². The Morgan fingerprint density at radius 3 is 2.78 bits per heavy atom. The second kappa shape index (κ2) is 9.00. The van der Waals surface area contributed by atoms with Crippen molar-refractivity contribution in [3.05, 3.63) is 52.1 Å². The second-order valence-corrected chi connectivity index (χ2v) is 11.0. The summed E-state index contributed by atoms with van der Waals surface area (Å²) in [5.74, 6) is -0.549. The molecule has 170 valence electrons. The predicted molar refractivity (Wildman–Crippen MR) is 132 cm³/mol. The summed E-state index contributed by atoms with van der Waals surface area (Å²) >= 11 is 7.08. The van der Waals surface area contributed by atoms with Gasteiger partial charge in [-0.3, -0.25) is 0 Å². The minimum Gasteiger partial charge on any atom is -0.478 e. The van der Waals surface area contributed by atoms with Gasteiger partial charge < -0.3 is 15.3 Å². The monoisotopic (exact) mass is 474 g/mol. The quantitative estimate of drug-likeness (QED) is 0.434. The molecule has 0 radical (unpaired) electrons. The normalized spacial score (nSPS) is 17.2.